The molecule has 0 amide bonds. The maximum Gasteiger partial charge on any atom is 0.234 e. The molecule has 3 nitrogen and oxygen atoms in total. The first-order valence-corrected chi connectivity index (χ1v) is 5.71. The predicted molar refractivity (Wildman–Crippen MR) is 58.7 cm³/mol. The monoisotopic (exact) mass is 473 g/mol. The molecule has 0 rings (SSSR count). The quantitative estimate of drug-likeness (QED) is 0.278. The van der Waals surface area contributed by atoms with Crippen LogP contribution in [0.25, 0.3) is 0 Å². The van der Waals surface area contributed by atoms with Crippen molar-refractivity contribution in [3.63, 3.8) is 0 Å². The van der Waals surface area contributed by atoms with Gasteiger partial charge in [0, 0.05) is 0 Å². The van der Waals surface area contributed by atoms with Crippen molar-refractivity contribution in [2.24, 2.45) is 0 Å². The zero-order chi connectivity index (χ0) is 6.78. The van der Waals surface area contributed by atoms with Crippen molar-refractivity contribution in [3.8, 4) is 0 Å². The van der Waals surface area contributed by atoms with Gasteiger partial charge in [-0.1, -0.05) is 0 Å². The normalized spacial score (nSPS) is 16.0. The van der Waals surface area contributed by atoms with Gasteiger partial charge in [0.25, 0.3) is 0 Å². The molecule has 0 aliphatic carbocycles. The summed E-state index contributed by atoms with van der Waals surface area (Å²) in [6.45, 7) is 0. The van der Waals surface area contributed by atoms with Crippen LogP contribution in [0.2, 0.25) is 0 Å². The largest absolute Gasteiger partial charge is 0.294 e. The Morgan fingerprint density at radius 3 is 1.88 bits per heavy atom. The van der Waals surface area contributed by atoms with E-state index >= 15 is 0 Å². The Morgan fingerprint density at radius 1 is 1.50 bits per heavy atom. The first kappa shape index (κ1) is 10.3. The molecule has 0 aromatic rings. The zero-order valence-electron chi connectivity index (χ0n) is 3.40. The van der Waals surface area contributed by atoms with Crippen molar-refractivity contribution in [3.05, 3.63) is 0 Å². The number of halogens is 3. The summed E-state index contributed by atoms with van der Waals surface area (Å²) >= 11 is 4.10. The fourth-order valence-corrected chi connectivity index (χ4v) is 1.99. The third-order valence-electron chi connectivity index (χ3n) is 0.203. The molecule has 0 saturated heterocycles. The van der Waals surface area contributed by atoms with Crippen molar-refractivity contribution < 1.29 is 8.76 Å². The molecule has 0 fully saturated rings. The highest BCUT2D eigenvalue weighted by Gasteiger charge is 2.17. The fraction of sp³-hybridized carbons (Fsp3) is 1.00. The van der Waals surface area contributed by atoms with E-state index in [1.165, 1.54) is 0 Å². The Hall–Kier alpha value is 2.26. The van der Waals surface area contributed by atoms with Crippen LogP contribution in [0.4, 0.5) is 0 Å². The summed E-state index contributed by atoms with van der Waals surface area (Å²) in [6.07, 6.45) is 0. The first-order valence-electron chi connectivity index (χ1n) is 1.37. The van der Waals surface area contributed by atoms with E-state index in [9.17, 15) is 4.21 Å². The minimum absolute atomic E-state index is 0.368. The minimum Gasteiger partial charge on any atom is -0.294 e. The lowest BCUT2D eigenvalue weighted by Crippen LogP contribution is -2.27. The van der Waals surface area contributed by atoms with Crippen LogP contribution in [0.5, 0.6) is 0 Å². The van der Waals surface area contributed by atoms with Crippen molar-refractivity contribution in [1.82, 2.24) is 4.72 Å². The van der Waals surface area contributed by atoms with Crippen LogP contribution in [0, 0.1) is 0 Å². The second-order valence-corrected chi connectivity index (χ2v) is 12.6. The molecule has 0 aliphatic rings. The SMILES string of the molecule is O=S(O)NC(I)(I)I. The van der Waals surface area contributed by atoms with Crippen molar-refractivity contribution in [2.45, 2.75) is -0.441 Å². The van der Waals surface area contributed by atoms with Gasteiger partial charge < -0.3 is 0 Å². The molecule has 7 heteroatoms. The number of alkyl halides is 3. The molecule has 0 aromatic carbocycles. The van der Waals surface area contributed by atoms with Gasteiger partial charge in [0.2, 0.25) is 11.3 Å². The number of rotatable bonds is 2. The number of hydrogen-bond donors (Lipinski definition) is 2. The number of nitrogens with one attached hydrogen (secondary N) is 1. The Bertz CT molecular complexity index is 99.9. The lowest BCUT2D eigenvalue weighted by molar-refractivity contribution is 0.554. The Kier molecular flexibility index (Phi) is 5.39. The Balaban J connectivity index is 3.55. The van der Waals surface area contributed by atoms with Crippen LogP contribution in [-0.2, 0) is 11.3 Å². The van der Waals surface area contributed by atoms with E-state index in [0.29, 0.717) is 0 Å². The second kappa shape index (κ2) is 4.20. The zero-order valence-corrected chi connectivity index (χ0v) is 10.7. The lowest BCUT2D eigenvalue weighted by Gasteiger charge is -2.08. The van der Waals surface area contributed by atoms with E-state index in [-0.39, 0.29) is -0.441 Å². The summed E-state index contributed by atoms with van der Waals surface area (Å²) < 4.78 is 20.2. The molecule has 0 heterocycles. The summed E-state index contributed by atoms with van der Waals surface area (Å²) in [6, 6.07) is 0. The average Bonchev–Trinajstić information content (AvgIpc) is 1.21. The molecule has 0 saturated carbocycles. The van der Waals surface area contributed by atoms with Gasteiger partial charge in [-0.3, -0.25) is 4.55 Å². The van der Waals surface area contributed by atoms with Crippen molar-refractivity contribution >= 4 is 79.0 Å². The van der Waals surface area contributed by atoms with Crippen LogP contribution in [0.3, 0.4) is 0 Å². The Labute approximate surface area is 90.6 Å². The fourth-order valence-electron chi connectivity index (χ4n) is 0.0990. The molecule has 0 bridgehead atoms. The highest BCUT2D eigenvalue weighted by molar-refractivity contribution is 14.3. The van der Waals surface area contributed by atoms with E-state index in [1.807, 2.05) is 67.8 Å². The van der Waals surface area contributed by atoms with Crippen molar-refractivity contribution in [1.29, 1.82) is 0 Å². The highest BCUT2D eigenvalue weighted by Crippen LogP contribution is 2.31. The molecule has 0 aromatic heterocycles. The van der Waals surface area contributed by atoms with Crippen LogP contribution in [0.1, 0.15) is 0 Å². The topological polar surface area (TPSA) is 49.3 Å². The summed E-state index contributed by atoms with van der Waals surface area (Å²) in [4.78, 5) is 0. The molecule has 1 unspecified atom stereocenters. The lowest BCUT2D eigenvalue weighted by atomic mass is 11.6. The minimum atomic E-state index is -1.91. The van der Waals surface area contributed by atoms with E-state index in [1.54, 1.807) is 0 Å². The van der Waals surface area contributed by atoms with Gasteiger partial charge in [0.05, 0.1) is 0 Å². The average molecular weight is 473 g/mol. The van der Waals surface area contributed by atoms with Gasteiger partial charge in [-0.2, -0.15) is 4.72 Å². The van der Waals surface area contributed by atoms with Gasteiger partial charge in [0.15, 0.2) is -0.441 Å². The van der Waals surface area contributed by atoms with E-state index < -0.39 is 11.3 Å². The molecule has 1 atom stereocenters. The van der Waals surface area contributed by atoms with Crippen LogP contribution in [-0.4, -0.2) is 8.32 Å². The standard InChI is InChI=1S/CH2I3NO2S/c2-1(3,4)5-8(6)7/h5H,(H,6,7). The maximum absolute atomic E-state index is 10.0. The number of hydrogen-bond acceptors (Lipinski definition) is 1. The van der Waals surface area contributed by atoms with Crippen molar-refractivity contribution in [2.75, 3.05) is 0 Å². The van der Waals surface area contributed by atoms with E-state index in [2.05, 4.69) is 4.72 Å². The summed E-state index contributed by atoms with van der Waals surface area (Å²) in [5, 5.41) is 0. The van der Waals surface area contributed by atoms with E-state index in [4.69, 9.17) is 4.55 Å². The van der Waals surface area contributed by atoms with Crippen LogP contribution in [0.15, 0.2) is 0 Å². The summed E-state index contributed by atoms with van der Waals surface area (Å²) in [5.41, 5.74) is 0. The highest BCUT2D eigenvalue weighted by atomic mass is 127. The first-order chi connectivity index (χ1) is 3.42. The second-order valence-electron chi connectivity index (χ2n) is 0.849. The Morgan fingerprint density at radius 2 is 1.88 bits per heavy atom. The van der Waals surface area contributed by atoms with Crippen LogP contribution < -0.4 is 4.72 Å². The van der Waals surface area contributed by atoms with E-state index in [0.717, 1.165) is 0 Å². The smallest absolute Gasteiger partial charge is 0.234 e. The summed E-state index contributed by atoms with van der Waals surface area (Å²) in [7, 11) is 0. The molecule has 0 aliphatic heterocycles. The molecule has 8 heavy (non-hydrogen) atoms. The molecule has 0 radical (unpaired) electrons. The third kappa shape index (κ3) is 8.26. The van der Waals surface area contributed by atoms with Gasteiger partial charge in [-0.15, -0.1) is 0 Å². The van der Waals surface area contributed by atoms with Gasteiger partial charge in [0.1, 0.15) is 0 Å². The summed E-state index contributed by atoms with van der Waals surface area (Å²) in [5.74, 6) is 0. The molecule has 50 valence electrons. The molecule has 2 N–H and O–H groups in total. The van der Waals surface area contributed by atoms with Gasteiger partial charge >= 0.3 is 0 Å². The van der Waals surface area contributed by atoms with Gasteiger partial charge in [-0.25, -0.2) is 4.21 Å². The molecule has 0 spiro atoms. The maximum atomic E-state index is 10.0. The van der Waals surface area contributed by atoms with Crippen LogP contribution >= 0.6 is 67.8 Å². The molecular formula is CH2I3NO2S. The predicted octanol–water partition coefficient (Wildman–Crippen LogP) is 1.63. The van der Waals surface area contributed by atoms with Gasteiger partial charge in [-0.05, 0) is 67.8 Å². The molecular weight excluding hydrogens is 471 g/mol. The third-order valence-corrected chi connectivity index (χ3v) is 2.59.